The van der Waals surface area contributed by atoms with Gasteiger partial charge in [-0.05, 0) is 6.42 Å². The summed E-state index contributed by atoms with van der Waals surface area (Å²) < 4.78 is 1.94. The Morgan fingerprint density at radius 1 is 1.73 bits per heavy atom. The Labute approximate surface area is 89.7 Å². The van der Waals surface area contributed by atoms with Gasteiger partial charge in [-0.2, -0.15) is 0 Å². The second-order valence-corrected chi connectivity index (χ2v) is 3.51. The van der Waals surface area contributed by atoms with E-state index in [1.807, 2.05) is 24.7 Å². The molecule has 1 aromatic rings. The number of nitrogens with two attached hydrogens (primary N) is 1. The topological polar surface area (TPSA) is 72.9 Å². The highest BCUT2D eigenvalue weighted by atomic mass is 16.2. The van der Waals surface area contributed by atoms with Crippen molar-refractivity contribution in [2.75, 3.05) is 6.54 Å². The molecule has 1 amide bonds. The Morgan fingerprint density at radius 2 is 2.47 bits per heavy atom. The summed E-state index contributed by atoms with van der Waals surface area (Å²) in [5.41, 5.74) is 5.57. The Kier molecular flexibility index (Phi) is 4.30. The van der Waals surface area contributed by atoms with Crippen molar-refractivity contribution in [1.29, 1.82) is 0 Å². The molecule has 0 spiro atoms. The van der Waals surface area contributed by atoms with E-state index in [2.05, 4.69) is 10.3 Å². The number of nitrogens with one attached hydrogen (secondary N) is 1. The predicted octanol–water partition coefficient (Wildman–Crippen LogP) is -0.184. The van der Waals surface area contributed by atoms with E-state index in [-0.39, 0.29) is 5.91 Å². The highest BCUT2D eigenvalue weighted by molar-refractivity contribution is 5.81. The predicted molar refractivity (Wildman–Crippen MR) is 58.2 cm³/mol. The molecule has 5 heteroatoms. The largest absolute Gasteiger partial charge is 0.354 e. The fraction of sp³-hybridized carbons (Fsp3) is 0.600. The van der Waals surface area contributed by atoms with Gasteiger partial charge in [0.2, 0.25) is 5.91 Å². The minimum atomic E-state index is -0.397. The molecule has 0 saturated heterocycles. The molecular weight excluding hydrogens is 192 g/mol. The van der Waals surface area contributed by atoms with Crippen molar-refractivity contribution in [3.05, 3.63) is 18.2 Å². The first-order valence-corrected chi connectivity index (χ1v) is 5.14. The molecule has 5 nitrogen and oxygen atoms in total. The van der Waals surface area contributed by atoms with Gasteiger partial charge in [-0.15, -0.1) is 0 Å². The quantitative estimate of drug-likeness (QED) is 0.708. The average molecular weight is 210 g/mol. The van der Waals surface area contributed by atoms with Crippen molar-refractivity contribution in [3.8, 4) is 0 Å². The molecule has 0 radical (unpaired) electrons. The lowest BCUT2D eigenvalue weighted by Crippen LogP contribution is -2.40. The van der Waals surface area contributed by atoms with Crippen LogP contribution in [0.3, 0.4) is 0 Å². The summed E-state index contributed by atoms with van der Waals surface area (Å²) in [6.07, 6.45) is 5.02. The zero-order chi connectivity index (χ0) is 11.3. The molecule has 1 rings (SSSR count). The van der Waals surface area contributed by atoms with Crippen LogP contribution in [0.1, 0.15) is 19.2 Å². The summed E-state index contributed by atoms with van der Waals surface area (Å²) in [5.74, 6) is 0.868. The zero-order valence-electron chi connectivity index (χ0n) is 9.23. The lowest BCUT2D eigenvalue weighted by atomic mass is 10.2. The Balaban J connectivity index is 2.28. The number of imidazole rings is 1. The number of carbonyl (C=O) groups excluding carboxylic acids is 1. The van der Waals surface area contributed by atoms with Crippen LogP contribution in [0.25, 0.3) is 0 Å². The monoisotopic (exact) mass is 210 g/mol. The molecule has 0 aromatic carbocycles. The van der Waals surface area contributed by atoms with Crippen LogP contribution in [0.15, 0.2) is 12.4 Å². The minimum Gasteiger partial charge on any atom is -0.354 e. The van der Waals surface area contributed by atoms with E-state index in [1.54, 1.807) is 6.20 Å². The summed E-state index contributed by atoms with van der Waals surface area (Å²) >= 11 is 0. The van der Waals surface area contributed by atoms with E-state index in [0.29, 0.717) is 13.0 Å². The molecule has 0 aliphatic rings. The number of rotatable bonds is 5. The summed E-state index contributed by atoms with van der Waals surface area (Å²) in [6.45, 7) is 2.47. The van der Waals surface area contributed by atoms with E-state index in [1.165, 1.54) is 0 Å². The van der Waals surface area contributed by atoms with Gasteiger partial charge in [0.15, 0.2) is 0 Å². The van der Waals surface area contributed by atoms with Crippen LogP contribution >= 0.6 is 0 Å². The van der Waals surface area contributed by atoms with E-state index >= 15 is 0 Å². The smallest absolute Gasteiger partial charge is 0.236 e. The van der Waals surface area contributed by atoms with Gasteiger partial charge < -0.3 is 15.6 Å². The lowest BCUT2D eigenvalue weighted by Gasteiger charge is -2.09. The first-order chi connectivity index (χ1) is 7.15. The molecule has 0 saturated carbocycles. The summed E-state index contributed by atoms with van der Waals surface area (Å²) in [7, 11) is 1.93. The molecule has 15 heavy (non-hydrogen) atoms. The van der Waals surface area contributed by atoms with Gasteiger partial charge >= 0.3 is 0 Å². The van der Waals surface area contributed by atoms with Gasteiger partial charge in [-0.25, -0.2) is 4.98 Å². The van der Waals surface area contributed by atoms with E-state index < -0.39 is 6.04 Å². The van der Waals surface area contributed by atoms with Gasteiger partial charge in [0.25, 0.3) is 0 Å². The van der Waals surface area contributed by atoms with Crippen molar-refractivity contribution in [1.82, 2.24) is 14.9 Å². The van der Waals surface area contributed by atoms with E-state index in [0.717, 1.165) is 12.2 Å². The maximum atomic E-state index is 11.3. The average Bonchev–Trinajstić information content (AvgIpc) is 2.63. The molecule has 0 bridgehead atoms. The van der Waals surface area contributed by atoms with Gasteiger partial charge in [-0.3, -0.25) is 4.79 Å². The molecule has 0 aliphatic carbocycles. The molecular formula is C10H18N4O. The highest BCUT2D eigenvalue weighted by Gasteiger charge is 2.09. The standard InChI is InChI=1S/C10H18N4O/c1-3-8(11)10(15)13-5-4-9-12-6-7-14(9)2/h6-8H,3-5,11H2,1-2H3,(H,13,15). The van der Waals surface area contributed by atoms with Crippen molar-refractivity contribution in [3.63, 3.8) is 0 Å². The second-order valence-electron chi connectivity index (χ2n) is 3.51. The molecule has 1 unspecified atom stereocenters. The Morgan fingerprint density at radius 3 is 3.00 bits per heavy atom. The molecule has 0 aliphatic heterocycles. The van der Waals surface area contributed by atoms with Gasteiger partial charge in [0.05, 0.1) is 6.04 Å². The zero-order valence-corrected chi connectivity index (χ0v) is 9.23. The number of aromatic nitrogens is 2. The number of amides is 1. The molecule has 0 fully saturated rings. The van der Waals surface area contributed by atoms with Crippen LogP contribution < -0.4 is 11.1 Å². The first kappa shape index (κ1) is 11.7. The third-order valence-electron chi connectivity index (χ3n) is 2.35. The van der Waals surface area contributed by atoms with Crippen molar-refractivity contribution >= 4 is 5.91 Å². The van der Waals surface area contributed by atoms with Gasteiger partial charge in [-0.1, -0.05) is 6.92 Å². The van der Waals surface area contributed by atoms with Crippen molar-refractivity contribution in [2.24, 2.45) is 12.8 Å². The van der Waals surface area contributed by atoms with Gasteiger partial charge in [0, 0.05) is 32.4 Å². The number of hydrogen-bond acceptors (Lipinski definition) is 3. The third-order valence-corrected chi connectivity index (χ3v) is 2.35. The van der Waals surface area contributed by atoms with Crippen LogP contribution in [0.4, 0.5) is 0 Å². The number of carbonyl (C=O) groups is 1. The molecule has 1 aromatic heterocycles. The molecule has 3 N–H and O–H groups in total. The summed E-state index contributed by atoms with van der Waals surface area (Å²) in [6, 6.07) is -0.397. The SMILES string of the molecule is CCC(N)C(=O)NCCc1nccn1C. The number of nitrogens with zero attached hydrogens (tertiary/aromatic N) is 2. The lowest BCUT2D eigenvalue weighted by molar-refractivity contribution is -0.122. The number of aryl methyl sites for hydroxylation is 1. The summed E-state index contributed by atoms with van der Waals surface area (Å²) in [4.78, 5) is 15.5. The minimum absolute atomic E-state index is 0.0910. The normalized spacial score (nSPS) is 12.5. The van der Waals surface area contributed by atoms with E-state index in [9.17, 15) is 4.79 Å². The Bertz CT molecular complexity index is 321. The number of hydrogen-bond donors (Lipinski definition) is 2. The van der Waals surface area contributed by atoms with Crippen LogP contribution in [-0.4, -0.2) is 28.0 Å². The van der Waals surface area contributed by atoms with Crippen LogP contribution in [0.2, 0.25) is 0 Å². The third kappa shape index (κ3) is 3.36. The van der Waals surface area contributed by atoms with Crippen LogP contribution in [0.5, 0.6) is 0 Å². The maximum absolute atomic E-state index is 11.3. The van der Waals surface area contributed by atoms with Gasteiger partial charge in [0.1, 0.15) is 5.82 Å². The van der Waals surface area contributed by atoms with E-state index in [4.69, 9.17) is 5.73 Å². The fourth-order valence-electron chi connectivity index (χ4n) is 1.25. The van der Waals surface area contributed by atoms with Crippen LogP contribution in [0, 0.1) is 0 Å². The summed E-state index contributed by atoms with van der Waals surface area (Å²) in [5, 5.41) is 2.78. The molecule has 1 heterocycles. The maximum Gasteiger partial charge on any atom is 0.236 e. The van der Waals surface area contributed by atoms with Crippen LogP contribution in [-0.2, 0) is 18.3 Å². The second kappa shape index (κ2) is 5.50. The van der Waals surface area contributed by atoms with Crippen molar-refractivity contribution in [2.45, 2.75) is 25.8 Å². The Hall–Kier alpha value is -1.36. The van der Waals surface area contributed by atoms with Crippen molar-refractivity contribution < 1.29 is 4.79 Å². The fourth-order valence-corrected chi connectivity index (χ4v) is 1.25. The first-order valence-electron chi connectivity index (χ1n) is 5.14. The molecule has 84 valence electrons. The molecule has 1 atom stereocenters. The highest BCUT2D eigenvalue weighted by Crippen LogP contribution is 1.94.